The Kier molecular flexibility index (Phi) is 3.57. The molecule has 6 atom stereocenters. The van der Waals surface area contributed by atoms with Crippen LogP contribution in [-0.2, 0) is 23.9 Å². The zero-order chi connectivity index (χ0) is 16.2. The first-order valence-electron chi connectivity index (χ1n) is 8.26. The molecule has 2 bridgehead atoms. The summed E-state index contributed by atoms with van der Waals surface area (Å²) in [5.41, 5.74) is -0.561. The Morgan fingerprint density at radius 2 is 1.95 bits per heavy atom. The highest BCUT2D eigenvalue weighted by molar-refractivity contribution is 5.90. The molecule has 1 aliphatic heterocycles. The lowest BCUT2D eigenvalue weighted by Gasteiger charge is -2.32. The van der Waals surface area contributed by atoms with E-state index in [1.54, 1.807) is 0 Å². The van der Waals surface area contributed by atoms with Crippen molar-refractivity contribution in [1.82, 2.24) is 0 Å². The van der Waals surface area contributed by atoms with E-state index in [9.17, 15) is 14.4 Å². The van der Waals surface area contributed by atoms with Crippen molar-refractivity contribution < 1.29 is 23.9 Å². The van der Waals surface area contributed by atoms with Gasteiger partial charge in [0.25, 0.3) is 0 Å². The minimum Gasteiger partial charge on any atom is -0.458 e. The van der Waals surface area contributed by atoms with Crippen molar-refractivity contribution in [1.29, 1.82) is 0 Å². The van der Waals surface area contributed by atoms with Crippen LogP contribution in [0.15, 0.2) is 0 Å². The molecule has 0 N–H and O–H groups in total. The van der Waals surface area contributed by atoms with Gasteiger partial charge in [0.05, 0.1) is 11.3 Å². The summed E-state index contributed by atoms with van der Waals surface area (Å²) in [5.74, 6) is -1.12. The number of ketones is 1. The standard InChI is InChI=1S/C17H24O5/c1-5-10(18)11-8-7-9-12(11)15(19)21-13(9)14(8)22-16(20)17(3,4)6-2/h8-9,11-14H,5-7H2,1-4H3. The van der Waals surface area contributed by atoms with E-state index in [1.807, 2.05) is 27.7 Å². The molecule has 1 heterocycles. The van der Waals surface area contributed by atoms with Gasteiger partial charge in [0.1, 0.15) is 18.0 Å². The van der Waals surface area contributed by atoms with E-state index in [-0.39, 0.29) is 47.5 Å². The van der Waals surface area contributed by atoms with Gasteiger partial charge in [-0.2, -0.15) is 0 Å². The molecule has 3 rings (SSSR count). The second-order valence-corrected chi connectivity index (χ2v) is 7.44. The topological polar surface area (TPSA) is 69.7 Å². The van der Waals surface area contributed by atoms with Crippen LogP contribution < -0.4 is 0 Å². The summed E-state index contributed by atoms with van der Waals surface area (Å²) in [6, 6.07) is 0. The molecule has 1 saturated heterocycles. The predicted molar refractivity (Wildman–Crippen MR) is 77.7 cm³/mol. The van der Waals surface area contributed by atoms with Gasteiger partial charge >= 0.3 is 11.9 Å². The van der Waals surface area contributed by atoms with Crippen LogP contribution in [0.2, 0.25) is 0 Å². The van der Waals surface area contributed by atoms with Crippen molar-refractivity contribution in [2.24, 2.45) is 29.1 Å². The molecule has 5 nitrogen and oxygen atoms in total. The quantitative estimate of drug-likeness (QED) is 0.728. The Bertz CT molecular complexity index is 523. The number of hydrogen-bond acceptors (Lipinski definition) is 5. The van der Waals surface area contributed by atoms with Crippen LogP contribution in [-0.4, -0.2) is 29.9 Å². The van der Waals surface area contributed by atoms with E-state index in [0.29, 0.717) is 12.8 Å². The van der Waals surface area contributed by atoms with Crippen LogP contribution in [0.4, 0.5) is 0 Å². The molecule has 0 amide bonds. The molecular weight excluding hydrogens is 284 g/mol. The Morgan fingerprint density at radius 3 is 2.55 bits per heavy atom. The molecule has 5 heteroatoms. The number of fused-ring (bicyclic) bond motifs is 1. The zero-order valence-electron chi connectivity index (χ0n) is 13.6. The van der Waals surface area contributed by atoms with Crippen LogP contribution in [0.1, 0.15) is 47.0 Å². The summed E-state index contributed by atoms with van der Waals surface area (Å²) in [6.07, 6.45) is 1.04. The summed E-state index contributed by atoms with van der Waals surface area (Å²) >= 11 is 0. The SMILES string of the molecule is CCC(=O)C1C2CC3C(OC(=O)C31)C2OC(=O)C(C)(C)CC. The highest BCUT2D eigenvalue weighted by Gasteiger charge is 2.69. The van der Waals surface area contributed by atoms with Gasteiger partial charge < -0.3 is 9.47 Å². The predicted octanol–water partition coefficient (Wildman–Crippen LogP) is 2.12. The van der Waals surface area contributed by atoms with Crippen molar-refractivity contribution >= 4 is 17.7 Å². The second kappa shape index (κ2) is 5.07. The number of carbonyl (C=O) groups excluding carboxylic acids is 3. The molecule has 3 fully saturated rings. The molecule has 2 saturated carbocycles. The fourth-order valence-electron chi connectivity index (χ4n) is 4.25. The average Bonchev–Trinajstić information content (AvgIpc) is 3.09. The maximum absolute atomic E-state index is 12.4. The first-order valence-corrected chi connectivity index (χ1v) is 8.26. The maximum Gasteiger partial charge on any atom is 0.311 e. The van der Waals surface area contributed by atoms with E-state index in [4.69, 9.17) is 9.47 Å². The van der Waals surface area contributed by atoms with Crippen LogP contribution in [0.5, 0.6) is 0 Å². The summed E-state index contributed by atoms with van der Waals surface area (Å²) in [7, 11) is 0. The van der Waals surface area contributed by atoms with Crippen molar-refractivity contribution in [3.63, 3.8) is 0 Å². The van der Waals surface area contributed by atoms with Gasteiger partial charge in [0.2, 0.25) is 0 Å². The second-order valence-electron chi connectivity index (χ2n) is 7.44. The largest absolute Gasteiger partial charge is 0.458 e. The molecular formula is C17H24O5. The number of carbonyl (C=O) groups is 3. The summed E-state index contributed by atoms with van der Waals surface area (Å²) in [5, 5.41) is 0. The molecule has 6 unspecified atom stereocenters. The third-order valence-electron chi connectivity index (χ3n) is 5.95. The number of ether oxygens (including phenoxy) is 2. The van der Waals surface area contributed by atoms with Gasteiger partial charge in [0, 0.05) is 24.2 Å². The Balaban J connectivity index is 1.84. The van der Waals surface area contributed by atoms with Gasteiger partial charge in [-0.1, -0.05) is 13.8 Å². The van der Waals surface area contributed by atoms with Gasteiger partial charge in [-0.25, -0.2) is 0 Å². The molecule has 0 aromatic heterocycles. The van der Waals surface area contributed by atoms with Crippen molar-refractivity contribution in [2.45, 2.75) is 59.2 Å². The van der Waals surface area contributed by atoms with E-state index in [1.165, 1.54) is 0 Å². The fraction of sp³-hybridized carbons (Fsp3) is 0.824. The fourth-order valence-corrected chi connectivity index (χ4v) is 4.25. The third-order valence-corrected chi connectivity index (χ3v) is 5.95. The smallest absolute Gasteiger partial charge is 0.311 e. The monoisotopic (exact) mass is 308 g/mol. The number of rotatable bonds is 5. The van der Waals surface area contributed by atoms with Crippen LogP contribution >= 0.6 is 0 Å². The molecule has 122 valence electrons. The van der Waals surface area contributed by atoms with Crippen molar-refractivity contribution in [2.75, 3.05) is 0 Å². The lowest BCUT2D eigenvalue weighted by atomic mass is 9.75. The molecule has 0 aromatic carbocycles. The lowest BCUT2D eigenvalue weighted by Crippen LogP contribution is -2.44. The van der Waals surface area contributed by atoms with E-state index in [0.717, 1.165) is 6.42 Å². The Labute approximate surface area is 130 Å². The summed E-state index contributed by atoms with van der Waals surface area (Å²) in [4.78, 5) is 36.7. The maximum atomic E-state index is 12.4. The van der Waals surface area contributed by atoms with Gasteiger partial charge in [0.15, 0.2) is 0 Å². The van der Waals surface area contributed by atoms with Gasteiger partial charge in [-0.3, -0.25) is 14.4 Å². The van der Waals surface area contributed by atoms with E-state index in [2.05, 4.69) is 0 Å². The molecule has 0 spiro atoms. The first kappa shape index (κ1) is 15.5. The highest BCUT2D eigenvalue weighted by Crippen LogP contribution is 2.59. The minimum atomic E-state index is -0.561. The lowest BCUT2D eigenvalue weighted by molar-refractivity contribution is -0.171. The Hall–Kier alpha value is -1.39. The Morgan fingerprint density at radius 1 is 1.27 bits per heavy atom. The normalized spacial score (nSPS) is 39.0. The molecule has 0 radical (unpaired) electrons. The number of hydrogen-bond donors (Lipinski definition) is 0. The van der Waals surface area contributed by atoms with Crippen LogP contribution in [0.3, 0.4) is 0 Å². The summed E-state index contributed by atoms with van der Waals surface area (Å²) < 4.78 is 11.2. The first-order chi connectivity index (χ1) is 10.3. The zero-order valence-corrected chi connectivity index (χ0v) is 13.6. The van der Waals surface area contributed by atoms with E-state index < -0.39 is 11.5 Å². The molecule has 0 aromatic rings. The van der Waals surface area contributed by atoms with Crippen molar-refractivity contribution in [3.8, 4) is 0 Å². The molecule has 3 aliphatic rings. The molecule has 22 heavy (non-hydrogen) atoms. The van der Waals surface area contributed by atoms with Gasteiger partial charge in [-0.05, 0) is 26.7 Å². The number of Topliss-reactive ketones (excluding diaryl/α,β-unsaturated/α-hetero) is 1. The molecule has 2 aliphatic carbocycles. The number of esters is 2. The van der Waals surface area contributed by atoms with Crippen LogP contribution in [0.25, 0.3) is 0 Å². The highest BCUT2D eigenvalue weighted by atomic mass is 16.6. The van der Waals surface area contributed by atoms with Crippen molar-refractivity contribution in [3.05, 3.63) is 0 Å². The van der Waals surface area contributed by atoms with Crippen LogP contribution in [0, 0.1) is 29.1 Å². The average molecular weight is 308 g/mol. The minimum absolute atomic E-state index is 0.0422. The third kappa shape index (κ3) is 2.01. The summed E-state index contributed by atoms with van der Waals surface area (Å²) in [6.45, 7) is 7.45. The van der Waals surface area contributed by atoms with Gasteiger partial charge in [-0.15, -0.1) is 0 Å². The van der Waals surface area contributed by atoms with E-state index >= 15 is 0 Å².